The van der Waals surface area contributed by atoms with E-state index < -0.39 is 28.3 Å². The first-order valence-electron chi connectivity index (χ1n) is 7.27. The molecular weight excluding hydrogens is 350 g/mol. The number of carboxylic acid groups (broad SMARTS) is 1. The predicted molar refractivity (Wildman–Crippen MR) is 90.0 cm³/mol. The summed E-state index contributed by atoms with van der Waals surface area (Å²) < 4.78 is 25.1. The fraction of sp³-hybridized carbons (Fsp3) is 0.250. The molecule has 1 aromatic carbocycles. The van der Waals surface area contributed by atoms with Crippen molar-refractivity contribution in [3.05, 3.63) is 47.3 Å². The lowest BCUT2D eigenvalue weighted by Crippen LogP contribution is -2.35. The van der Waals surface area contributed by atoms with Crippen molar-refractivity contribution >= 4 is 33.1 Å². The van der Waals surface area contributed by atoms with E-state index in [4.69, 9.17) is 5.11 Å². The van der Waals surface area contributed by atoms with Crippen molar-refractivity contribution < 1.29 is 23.1 Å². The summed E-state index contributed by atoms with van der Waals surface area (Å²) in [6.45, 7) is 1.72. The van der Waals surface area contributed by atoms with E-state index in [2.05, 4.69) is 0 Å². The van der Waals surface area contributed by atoms with Crippen LogP contribution in [0.1, 0.15) is 23.0 Å². The van der Waals surface area contributed by atoms with Gasteiger partial charge in [0.25, 0.3) is 5.91 Å². The Hall–Kier alpha value is -2.19. The summed E-state index contributed by atoms with van der Waals surface area (Å²) in [5.41, 5.74) is 0. The maximum atomic E-state index is 12.5. The standard InChI is InChI=1S/C16H17NO5S2/c1-2-10-17(11-14(18)19)16(20)13-8-9-15(23-13)24(21,22)12-6-4-3-5-7-12/h3-9H,2,10-11H2,1H3,(H,18,19). The van der Waals surface area contributed by atoms with E-state index in [1.165, 1.54) is 29.2 Å². The molecule has 0 saturated carbocycles. The molecule has 0 bridgehead atoms. The Bertz CT molecular complexity index is 827. The molecule has 8 heteroatoms. The van der Waals surface area contributed by atoms with Gasteiger partial charge >= 0.3 is 5.97 Å². The number of carbonyl (C=O) groups is 2. The lowest BCUT2D eigenvalue weighted by atomic mass is 10.3. The van der Waals surface area contributed by atoms with Crippen molar-refractivity contribution in [1.29, 1.82) is 0 Å². The van der Waals surface area contributed by atoms with Gasteiger partial charge in [-0.15, -0.1) is 11.3 Å². The summed E-state index contributed by atoms with van der Waals surface area (Å²) in [4.78, 5) is 24.9. The number of rotatable bonds is 7. The normalized spacial score (nSPS) is 11.2. The zero-order chi connectivity index (χ0) is 17.7. The molecule has 0 unspecified atom stereocenters. The first-order chi connectivity index (χ1) is 11.4. The lowest BCUT2D eigenvalue weighted by Gasteiger charge is -2.18. The summed E-state index contributed by atoms with van der Waals surface area (Å²) in [5.74, 6) is -1.58. The Morgan fingerprint density at radius 1 is 1.12 bits per heavy atom. The molecule has 0 radical (unpaired) electrons. The highest BCUT2D eigenvalue weighted by Crippen LogP contribution is 2.28. The number of amides is 1. The average molecular weight is 367 g/mol. The molecule has 2 aromatic rings. The molecule has 2 rings (SSSR count). The van der Waals surface area contributed by atoms with Crippen molar-refractivity contribution in [2.24, 2.45) is 0 Å². The van der Waals surface area contributed by atoms with Gasteiger partial charge in [0.1, 0.15) is 10.8 Å². The summed E-state index contributed by atoms with van der Waals surface area (Å²) in [7, 11) is -3.68. The van der Waals surface area contributed by atoms with Crippen LogP contribution in [0.4, 0.5) is 0 Å². The molecule has 1 amide bonds. The largest absolute Gasteiger partial charge is 0.480 e. The summed E-state index contributed by atoms with van der Waals surface area (Å²) in [6, 6.07) is 10.8. The zero-order valence-corrected chi connectivity index (χ0v) is 14.6. The van der Waals surface area contributed by atoms with E-state index in [9.17, 15) is 18.0 Å². The van der Waals surface area contributed by atoms with Crippen molar-refractivity contribution in [2.45, 2.75) is 22.4 Å². The topological polar surface area (TPSA) is 91.8 Å². The Morgan fingerprint density at radius 2 is 1.79 bits per heavy atom. The Kier molecular flexibility index (Phi) is 5.74. The van der Waals surface area contributed by atoms with Gasteiger partial charge in [0.05, 0.1) is 9.77 Å². The SMILES string of the molecule is CCCN(CC(=O)O)C(=O)c1ccc(S(=O)(=O)c2ccccc2)s1. The number of benzene rings is 1. The molecule has 0 fully saturated rings. The van der Waals surface area contributed by atoms with E-state index in [1.54, 1.807) is 18.2 Å². The van der Waals surface area contributed by atoms with Crippen molar-refractivity contribution in [1.82, 2.24) is 4.90 Å². The highest BCUT2D eigenvalue weighted by Gasteiger charge is 2.24. The molecular formula is C16H17NO5S2. The summed E-state index contributed by atoms with van der Waals surface area (Å²) >= 11 is 0.852. The molecule has 0 aliphatic heterocycles. The zero-order valence-electron chi connectivity index (χ0n) is 13.0. The van der Waals surface area contributed by atoms with Crippen molar-refractivity contribution in [3.63, 3.8) is 0 Å². The molecule has 1 aromatic heterocycles. The molecule has 6 nitrogen and oxygen atoms in total. The van der Waals surface area contributed by atoms with Gasteiger partial charge in [-0.25, -0.2) is 8.42 Å². The third kappa shape index (κ3) is 4.01. The highest BCUT2D eigenvalue weighted by molar-refractivity contribution is 7.93. The molecule has 1 heterocycles. The summed E-state index contributed by atoms with van der Waals surface area (Å²) in [6.07, 6.45) is 0.611. The fourth-order valence-corrected chi connectivity index (χ4v) is 4.83. The molecule has 0 aliphatic carbocycles. The number of sulfone groups is 1. The number of hydrogen-bond donors (Lipinski definition) is 1. The van der Waals surface area contributed by atoms with Crippen molar-refractivity contribution in [2.75, 3.05) is 13.1 Å². The van der Waals surface area contributed by atoms with Crippen LogP contribution in [0.3, 0.4) is 0 Å². The molecule has 0 atom stereocenters. The second-order valence-electron chi connectivity index (χ2n) is 5.06. The monoisotopic (exact) mass is 367 g/mol. The van der Waals surface area contributed by atoms with Crippen LogP contribution in [-0.2, 0) is 14.6 Å². The van der Waals surface area contributed by atoms with E-state index in [0.717, 1.165) is 11.3 Å². The van der Waals surface area contributed by atoms with Crippen LogP contribution < -0.4 is 0 Å². The lowest BCUT2D eigenvalue weighted by molar-refractivity contribution is -0.137. The first-order valence-corrected chi connectivity index (χ1v) is 9.57. The highest BCUT2D eigenvalue weighted by atomic mass is 32.2. The van der Waals surface area contributed by atoms with Crippen LogP contribution in [0.25, 0.3) is 0 Å². The van der Waals surface area contributed by atoms with E-state index in [1.807, 2.05) is 6.92 Å². The van der Waals surface area contributed by atoms with Crippen LogP contribution in [0.5, 0.6) is 0 Å². The number of nitrogens with zero attached hydrogens (tertiary/aromatic N) is 1. The van der Waals surface area contributed by atoms with Gasteiger partial charge < -0.3 is 10.0 Å². The van der Waals surface area contributed by atoms with Gasteiger partial charge in [-0.2, -0.15) is 0 Å². The minimum absolute atomic E-state index is 0.0591. The van der Waals surface area contributed by atoms with E-state index in [-0.39, 0.29) is 14.0 Å². The maximum Gasteiger partial charge on any atom is 0.323 e. The van der Waals surface area contributed by atoms with Gasteiger partial charge in [0.15, 0.2) is 0 Å². The number of carbonyl (C=O) groups excluding carboxylic acids is 1. The fourth-order valence-electron chi connectivity index (χ4n) is 2.14. The maximum absolute atomic E-state index is 12.5. The second kappa shape index (κ2) is 7.59. The van der Waals surface area contributed by atoms with Gasteiger partial charge in [-0.3, -0.25) is 9.59 Å². The van der Waals surface area contributed by atoms with Crippen LogP contribution >= 0.6 is 11.3 Å². The van der Waals surface area contributed by atoms with E-state index >= 15 is 0 Å². The van der Waals surface area contributed by atoms with Gasteiger partial charge in [-0.1, -0.05) is 25.1 Å². The number of thiophene rings is 1. The number of aliphatic carboxylic acids is 1. The molecule has 0 aliphatic rings. The van der Waals surface area contributed by atoms with Crippen LogP contribution in [0.2, 0.25) is 0 Å². The molecule has 0 saturated heterocycles. The third-order valence-electron chi connectivity index (χ3n) is 3.22. The van der Waals surface area contributed by atoms with Crippen LogP contribution in [-0.4, -0.2) is 43.4 Å². The smallest absolute Gasteiger partial charge is 0.323 e. The third-order valence-corrected chi connectivity index (χ3v) is 6.55. The molecule has 128 valence electrons. The summed E-state index contributed by atoms with van der Waals surface area (Å²) in [5, 5.41) is 8.90. The average Bonchev–Trinajstić information content (AvgIpc) is 3.05. The van der Waals surface area contributed by atoms with E-state index in [0.29, 0.717) is 13.0 Å². The minimum atomic E-state index is -3.68. The van der Waals surface area contributed by atoms with Gasteiger partial charge in [0.2, 0.25) is 9.84 Å². The van der Waals surface area contributed by atoms with Gasteiger partial charge in [0, 0.05) is 6.54 Å². The quantitative estimate of drug-likeness (QED) is 0.812. The molecule has 24 heavy (non-hydrogen) atoms. The molecule has 0 spiro atoms. The van der Waals surface area contributed by atoms with Crippen molar-refractivity contribution in [3.8, 4) is 0 Å². The minimum Gasteiger partial charge on any atom is -0.480 e. The first kappa shape index (κ1) is 18.2. The van der Waals surface area contributed by atoms with Gasteiger partial charge in [-0.05, 0) is 30.7 Å². The Labute approximate surface area is 144 Å². The number of carboxylic acids is 1. The number of hydrogen-bond acceptors (Lipinski definition) is 5. The van der Waals surface area contributed by atoms with Crippen LogP contribution in [0, 0.1) is 0 Å². The Morgan fingerprint density at radius 3 is 2.38 bits per heavy atom. The van der Waals surface area contributed by atoms with Crippen LogP contribution in [0.15, 0.2) is 51.6 Å². The predicted octanol–water partition coefficient (Wildman–Crippen LogP) is 2.52. The molecule has 1 N–H and O–H groups in total. The second-order valence-corrected chi connectivity index (χ2v) is 8.32. The Balaban J connectivity index is 2.29.